The van der Waals surface area contributed by atoms with E-state index in [0.717, 1.165) is 19.4 Å². The maximum Gasteiger partial charge on any atom is 0.229 e. The number of piperidine rings is 1. The molecule has 1 amide bonds. The number of hydrogen-bond acceptors (Lipinski definition) is 5. The molecule has 0 aliphatic carbocycles. The number of methoxy groups -OCH3 is 1. The first-order chi connectivity index (χ1) is 11.7. The van der Waals surface area contributed by atoms with Crippen LogP contribution in [0.2, 0.25) is 0 Å². The SMILES string of the molecule is COc1cc(F)ccc1NC(=O)[C@@H]1CCCN(c2ncccn2)C1. The summed E-state index contributed by atoms with van der Waals surface area (Å²) in [7, 11) is 1.44. The zero-order valence-corrected chi connectivity index (χ0v) is 13.4. The van der Waals surface area contributed by atoms with Crippen LogP contribution in [0.1, 0.15) is 12.8 Å². The largest absolute Gasteiger partial charge is 0.494 e. The van der Waals surface area contributed by atoms with Crippen LogP contribution in [-0.4, -0.2) is 36.1 Å². The number of carbonyl (C=O) groups excluding carboxylic acids is 1. The Kier molecular flexibility index (Phi) is 4.88. The first-order valence-corrected chi connectivity index (χ1v) is 7.84. The molecule has 0 spiro atoms. The number of amides is 1. The summed E-state index contributed by atoms with van der Waals surface area (Å²) in [6.45, 7) is 1.38. The van der Waals surface area contributed by atoms with Crippen LogP contribution in [0.15, 0.2) is 36.7 Å². The summed E-state index contributed by atoms with van der Waals surface area (Å²) in [6.07, 6.45) is 5.06. The van der Waals surface area contributed by atoms with Gasteiger partial charge in [-0.2, -0.15) is 0 Å². The molecule has 126 valence electrons. The number of benzene rings is 1. The number of ether oxygens (including phenoxy) is 1. The Morgan fingerprint density at radius 1 is 1.38 bits per heavy atom. The lowest BCUT2D eigenvalue weighted by Gasteiger charge is -2.32. The van der Waals surface area contributed by atoms with E-state index in [1.165, 1.54) is 25.3 Å². The molecule has 6 nitrogen and oxygen atoms in total. The fraction of sp³-hybridized carbons (Fsp3) is 0.353. The molecule has 1 fully saturated rings. The molecule has 0 radical (unpaired) electrons. The third-order valence-corrected chi connectivity index (χ3v) is 4.05. The molecule has 1 aromatic carbocycles. The number of nitrogens with one attached hydrogen (secondary N) is 1. The van der Waals surface area contributed by atoms with Crippen LogP contribution in [-0.2, 0) is 4.79 Å². The minimum absolute atomic E-state index is 0.111. The van der Waals surface area contributed by atoms with E-state index in [-0.39, 0.29) is 11.8 Å². The lowest BCUT2D eigenvalue weighted by molar-refractivity contribution is -0.120. The number of carbonyl (C=O) groups is 1. The zero-order valence-electron chi connectivity index (χ0n) is 13.4. The van der Waals surface area contributed by atoms with E-state index < -0.39 is 5.82 Å². The Morgan fingerprint density at radius 3 is 2.92 bits per heavy atom. The van der Waals surface area contributed by atoms with Crippen LogP contribution in [0.4, 0.5) is 16.0 Å². The summed E-state index contributed by atoms with van der Waals surface area (Å²) in [5.74, 6) is 0.240. The lowest BCUT2D eigenvalue weighted by Crippen LogP contribution is -2.41. The Labute approximate surface area is 139 Å². The molecular formula is C17H19FN4O2. The van der Waals surface area contributed by atoms with Gasteiger partial charge < -0.3 is 15.0 Å². The van der Waals surface area contributed by atoms with Crippen molar-refractivity contribution in [2.24, 2.45) is 5.92 Å². The first-order valence-electron chi connectivity index (χ1n) is 7.84. The highest BCUT2D eigenvalue weighted by Crippen LogP contribution is 2.27. The van der Waals surface area contributed by atoms with Gasteiger partial charge in [0, 0.05) is 31.5 Å². The topological polar surface area (TPSA) is 67.3 Å². The van der Waals surface area contributed by atoms with Gasteiger partial charge in [0.05, 0.1) is 18.7 Å². The second-order valence-corrected chi connectivity index (χ2v) is 5.67. The van der Waals surface area contributed by atoms with E-state index in [9.17, 15) is 9.18 Å². The van der Waals surface area contributed by atoms with Gasteiger partial charge in [-0.15, -0.1) is 0 Å². The molecule has 1 atom stereocenters. The van der Waals surface area contributed by atoms with E-state index in [1.807, 2.05) is 4.90 Å². The number of anilines is 2. The Morgan fingerprint density at radius 2 is 2.17 bits per heavy atom. The molecule has 1 aromatic heterocycles. The van der Waals surface area contributed by atoms with E-state index >= 15 is 0 Å². The molecule has 2 aromatic rings. The minimum Gasteiger partial charge on any atom is -0.494 e. The first kappa shape index (κ1) is 16.2. The summed E-state index contributed by atoms with van der Waals surface area (Å²) < 4.78 is 18.4. The molecule has 1 N–H and O–H groups in total. The van der Waals surface area contributed by atoms with Gasteiger partial charge in [0.25, 0.3) is 0 Å². The molecule has 3 rings (SSSR count). The van der Waals surface area contributed by atoms with Crippen LogP contribution in [0.3, 0.4) is 0 Å². The highest BCUT2D eigenvalue weighted by Gasteiger charge is 2.27. The third-order valence-electron chi connectivity index (χ3n) is 4.05. The highest BCUT2D eigenvalue weighted by atomic mass is 19.1. The third kappa shape index (κ3) is 3.61. The van der Waals surface area contributed by atoms with Gasteiger partial charge in [0.15, 0.2) is 0 Å². The summed E-state index contributed by atoms with van der Waals surface area (Å²) in [5, 5.41) is 2.83. The summed E-state index contributed by atoms with van der Waals surface area (Å²) in [6, 6.07) is 5.81. The average molecular weight is 330 g/mol. The molecule has 24 heavy (non-hydrogen) atoms. The van der Waals surface area contributed by atoms with E-state index in [0.29, 0.717) is 23.9 Å². The quantitative estimate of drug-likeness (QED) is 0.933. The van der Waals surface area contributed by atoms with Crippen molar-refractivity contribution in [2.75, 3.05) is 30.4 Å². The Balaban J connectivity index is 1.69. The smallest absolute Gasteiger partial charge is 0.229 e. The van der Waals surface area contributed by atoms with Gasteiger partial charge >= 0.3 is 0 Å². The van der Waals surface area contributed by atoms with Crippen LogP contribution < -0.4 is 15.0 Å². The molecule has 0 saturated carbocycles. The fourth-order valence-corrected chi connectivity index (χ4v) is 2.83. The van der Waals surface area contributed by atoms with Gasteiger partial charge in [-0.3, -0.25) is 4.79 Å². The predicted octanol–water partition coefficient (Wildman–Crippen LogP) is 2.48. The number of hydrogen-bond donors (Lipinski definition) is 1. The van der Waals surface area contributed by atoms with E-state index in [1.54, 1.807) is 18.5 Å². The van der Waals surface area contributed by atoms with Crippen LogP contribution in [0, 0.1) is 11.7 Å². The van der Waals surface area contributed by atoms with Gasteiger partial charge in [-0.25, -0.2) is 14.4 Å². The maximum absolute atomic E-state index is 13.3. The zero-order chi connectivity index (χ0) is 16.9. The minimum atomic E-state index is -0.407. The van der Waals surface area contributed by atoms with Crippen LogP contribution >= 0.6 is 0 Å². The molecule has 1 saturated heterocycles. The summed E-state index contributed by atoms with van der Waals surface area (Å²) >= 11 is 0. The molecule has 1 aliphatic heterocycles. The lowest BCUT2D eigenvalue weighted by atomic mass is 9.97. The summed E-state index contributed by atoms with van der Waals surface area (Å²) in [4.78, 5) is 23.1. The number of halogens is 1. The Bertz CT molecular complexity index is 711. The molecular weight excluding hydrogens is 311 g/mol. The van der Waals surface area contributed by atoms with Gasteiger partial charge in [0.2, 0.25) is 11.9 Å². The monoisotopic (exact) mass is 330 g/mol. The number of rotatable bonds is 4. The van der Waals surface area contributed by atoms with Gasteiger partial charge in [-0.05, 0) is 31.0 Å². The fourth-order valence-electron chi connectivity index (χ4n) is 2.83. The summed E-state index contributed by atoms with van der Waals surface area (Å²) in [5.41, 5.74) is 0.469. The van der Waals surface area contributed by atoms with E-state index in [4.69, 9.17) is 4.74 Å². The predicted molar refractivity (Wildman–Crippen MR) is 88.6 cm³/mol. The highest BCUT2D eigenvalue weighted by molar-refractivity contribution is 5.94. The van der Waals surface area contributed by atoms with Crippen molar-refractivity contribution in [1.29, 1.82) is 0 Å². The van der Waals surface area contributed by atoms with Crippen molar-refractivity contribution in [3.05, 3.63) is 42.5 Å². The molecule has 0 bridgehead atoms. The average Bonchev–Trinajstić information content (AvgIpc) is 2.64. The van der Waals surface area contributed by atoms with Crippen LogP contribution in [0.25, 0.3) is 0 Å². The van der Waals surface area contributed by atoms with Crippen molar-refractivity contribution in [3.63, 3.8) is 0 Å². The van der Waals surface area contributed by atoms with Gasteiger partial charge in [-0.1, -0.05) is 0 Å². The molecule has 1 aliphatic rings. The van der Waals surface area contributed by atoms with Crippen molar-refractivity contribution >= 4 is 17.5 Å². The molecule has 0 unspecified atom stereocenters. The van der Waals surface area contributed by atoms with Crippen molar-refractivity contribution in [2.45, 2.75) is 12.8 Å². The van der Waals surface area contributed by atoms with Crippen LogP contribution in [0.5, 0.6) is 5.75 Å². The number of aromatic nitrogens is 2. The van der Waals surface area contributed by atoms with Crippen molar-refractivity contribution in [1.82, 2.24) is 9.97 Å². The maximum atomic E-state index is 13.3. The second-order valence-electron chi connectivity index (χ2n) is 5.67. The second kappa shape index (κ2) is 7.25. The standard InChI is InChI=1S/C17H19FN4O2/c1-24-15-10-13(18)5-6-14(15)21-16(23)12-4-2-9-22(11-12)17-19-7-3-8-20-17/h3,5-8,10,12H,2,4,9,11H2,1H3,(H,21,23)/t12-/m1/s1. The number of nitrogens with zero attached hydrogens (tertiary/aromatic N) is 3. The molecule has 7 heteroatoms. The van der Waals surface area contributed by atoms with Crippen molar-refractivity contribution < 1.29 is 13.9 Å². The Hall–Kier alpha value is -2.70. The van der Waals surface area contributed by atoms with Gasteiger partial charge in [0.1, 0.15) is 11.6 Å². The van der Waals surface area contributed by atoms with E-state index in [2.05, 4.69) is 15.3 Å². The normalized spacial score (nSPS) is 17.4. The molecule has 2 heterocycles. The van der Waals surface area contributed by atoms with Crippen molar-refractivity contribution in [3.8, 4) is 5.75 Å².